The number of hydrogen-bond donors (Lipinski definition) is 1. The largest absolute Gasteiger partial charge is 0.491 e. The van der Waals surface area contributed by atoms with Crippen molar-refractivity contribution in [2.45, 2.75) is 20.0 Å². The molecular formula is C15H22N2O2. The minimum atomic E-state index is 0.124. The van der Waals surface area contributed by atoms with Gasteiger partial charge in [-0.05, 0) is 26.0 Å². The van der Waals surface area contributed by atoms with Crippen LogP contribution < -0.4 is 10.1 Å². The molecule has 0 unspecified atom stereocenters. The molecule has 4 nitrogen and oxygen atoms in total. The molecule has 0 atom stereocenters. The highest BCUT2D eigenvalue weighted by Gasteiger charge is 2.15. The molecule has 1 saturated heterocycles. The molecule has 1 fully saturated rings. The predicted molar refractivity (Wildman–Crippen MR) is 75.8 cm³/mol. The lowest BCUT2D eigenvalue weighted by atomic mass is 10.1. The average Bonchev–Trinajstić information content (AvgIpc) is 2.39. The van der Waals surface area contributed by atoms with E-state index >= 15 is 0 Å². The van der Waals surface area contributed by atoms with Gasteiger partial charge >= 0.3 is 0 Å². The van der Waals surface area contributed by atoms with Gasteiger partial charge in [0.2, 0.25) is 0 Å². The highest BCUT2D eigenvalue weighted by Crippen LogP contribution is 2.15. The van der Waals surface area contributed by atoms with Gasteiger partial charge in [0, 0.05) is 31.7 Å². The molecule has 0 saturated carbocycles. The second kappa shape index (κ2) is 6.68. The SMILES string of the molecule is CC(C)Oc1cccc(C(=O)CN2CCNCC2)c1. The van der Waals surface area contributed by atoms with E-state index in [2.05, 4.69) is 10.2 Å². The lowest BCUT2D eigenvalue weighted by Gasteiger charge is -2.26. The Morgan fingerprint density at radius 2 is 2.11 bits per heavy atom. The number of hydrogen-bond acceptors (Lipinski definition) is 4. The normalized spacial score (nSPS) is 16.6. The summed E-state index contributed by atoms with van der Waals surface area (Å²) in [4.78, 5) is 14.4. The van der Waals surface area contributed by atoms with Crippen LogP contribution in [0.4, 0.5) is 0 Å². The summed E-state index contributed by atoms with van der Waals surface area (Å²) in [6.45, 7) is 8.26. The summed E-state index contributed by atoms with van der Waals surface area (Å²) in [6.07, 6.45) is 0.124. The maximum Gasteiger partial charge on any atom is 0.176 e. The van der Waals surface area contributed by atoms with Crippen LogP contribution in [0.1, 0.15) is 24.2 Å². The number of ether oxygens (including phenoxy) is 1. The minimum Gasteiger partial charge on any atom is -0.491 e. The van der Waals surface area contributed by atoms with Gasteiger partial charge in [-0.25, -0.2) is 0 Å². The fourth-order valence-electron chi connectivity index (χ4n) is 2.18. The van der Waals surface area contributed by atoms with E-state index in [4.69, 9.17) is 4.74 Å². The fraction of sp³-hybridized carbons (Fsp3) is 0.533. The molecule has 0 aromatic heterocycles. The molecular weight excluding hydrogens is 240 g/mol. The molecule has 19 heavy (non-hydrogen) atoms. The first-order chi connectivity index (χ1) is 9.15. The zero-order chi connectivity index (χ0) is 13.7. The van der Waals surface area contributed by atoms with E-state index < -0.39 is 0 Å². The molecule has 0 aliphatic carbocycles. The molecule has 0 amide bonds. The summed E-state index contributed by atoms with van der Waals surface area (Å²) in [7, 11) is 0. The Labute approximate surface area is 114 Å². The maximum atomic E-state index is 12.2. The van der Waals surface area contributed by atoms with Crippen LogP contribution in [0.5, 0.6) is 5.75 Å². The van der Waals surface area contributed by atoms with Crippen LogP contribution in [0, 0.1) is 0 Å². The Morgan fingerprint density at radius 3 is 2.79 bits per heavy atom. The number of rotatable bonds is 5. The molecule has 1 aromatic rings. The number of Topliss-reactive ketones (excluding diaryl/α,β-unsaturated/α-hetero) is 1. The minimum absolute atomic E-state index is 0.124. The van der Waals surface area contributed by atoms with Crippen LogP contribution in [0.2, 0.25) is 0 Å². The van der Waals surface area contributed by atoms with E-state index in [0.29, 0.717) is 6.54 Å². The highest BCUT2D eigenvalue weighted by atomic mass is 16.5. The molecule has 104 valence electrons. The molecule has 2 rings (SSSR count). The van der Waals surface area contributed by atoms with Crippen LogP contribution in [-0.4, -0.2) is 49.5 Å². The van der Waals surface area contributed by atoms with Gasteiger partial charge < -0.3 is 10.1 Å². The van der Waals surface area contributed by atoms with E-state index in [0.717, 1.165) is 37.5 Å². The van der Waals surface area contributed by atoms with Gasteiger partial charge in [-0.15, -0.1) is 0 Å². The number of benzene rings is 1. The first-order valence-corrected chi connectivity index (χ1v) is 6.88. The van der Waals surface area contributed by atoms with Crippen molar-refractivity contribution >= 4 is 5.78 Å². The standard InChI is InChI=1S/C15H22N2O2/c1-12(2)19-14-5-3-4-13(10-14)15(18)11-17-8-6-16-7-9-17/h3-5,10,12,16H,6-9,11H2,1-2H3. The second-order valence-electron chi connectivity index (χ2n) is 5.14. The van der Waals surface area contributed by atoms with Crippen molar-refractivity contribution < 1.29 is 9.53 Å². The molecule has 0 radical (unpaired) electrons. The van der Waals surface area contributed by atoms with Crippen molar-refractivity contribution in [2.24, 2.45) is 0 Å². The molecule has 0 spiro atoms. The van der Waals surface area contributed by atoms with Gasteiger partial charge in [-0.2, -0.15) is 0 Å². The third-order valence-electron chi connectivity index (χ3n) is 3.10. The number of ketones is 1. The molecule has 4 heteroatoms. The maximum absolute atomic E-state index is 12.2. The quantitative estimate of drug-likeness (QED) is 0.818. The van der Waals surface area contributed by atoms with Crippen LogP contribution in [0.25, 0.3) is 0 Å². The lowest BCUT2D eigenvalue weighted by molar-refractivity contribution is 0.0921. The van der Waals surface area contributed by atoms with Crippen LogP contribution in [0.3, 0.4) is 0 Å². The summed E-state index contributed by atoms with van der Waals surface area (Å²) in [6, 6.07) is 7.46. The van der Waals surface area contributed by atoms with Gasteiger partial charge in [0.1, 0.15) is 5.75 Å². The van der Waals surface area contributed by atoms with Gasteiger partial charge in [0.15, 0.2) is 5.78 Å². The Balaban J connectivity index is 1.97. The summed E-state index contributed by atoms with van der Waals surface area (Å²) in [5.74, 6) is 0.928. The van der Waals surface area contributed by atoms with Gasteiger partial charge in [0.05, 0.1) is 12.6 Å². The highest BCUT2D eigenvalue weighted by molar-refractivity contribution is 5.97. The second-order valence-corrected chi connectivity index (χ2v) is 5.14. The monoisotopic (exact) mass is 262 g/mol. The average molecular weight is 262 g/mol. The topological polar surface area (TPSA) is 41.6 Å². The summed E-state index contributed by atoms with van der Waals surface area (Å²) in [5, 5.41) is 3.29. The third-order valence-corrected chi connectivity index (χ3v) is 3.10. The Hall–Kier alpha value is -1.39. The predicted octanol–water partition coefficient (Wildman–Crippen LogP) is 1.56. The summed E-state index contributed by atoms with van der Waals surface area (Å²) >= 11 is 0. The number of carbonyl (C=O) groups excluding carboxylic acids is 1. The first-order valence-electron chi connectivity index (χ1n) is 6.88. The Morgan fingerprint density at radius 1 is 1.37 bits per heavy atom. The number of nitrogens with one attached hydrogen (secondary N) is 1. The van der Waals surface area contributed by atoms with Crippen molar-refractivity contribution in [1.82, 2.24) is 10.2 Å². The van der Waals surface area contributed by atoms with E-state index in [1.807, 2.05) is 38.1 Å². The van der Waals surface area contributed by atoms with Crippen LogP contribution >= 0.6 is 0 Å². The molecule has 1 heterocycles. The fourth-order valence-corrected chi connectivity index (χ4v) is 2.18. The number of piperazine rings is 1. The smallest absolute Gasteiger partial charge is 0.176 e. The van der Waals surface area contributed by atoms with Crippen molar-refractivity contribution in [1.29, 1.82) is 0 Å². The Kier molecular flexibility index (Phi) is 4.93. The number of nitrogens with zero attached hydrogens (tertiary/aromatic N) is 1. The zero-order valence-corrected chi connectivity index (χ0v) is 11.7. The van der Waals surface area contributed by atoms with E-state index in [9.17, 15) is 4.79 Å². The van der Waals surface area contributed by atoms with Gasteiger partial charge in [-0.3, -0.25) is 9.69 Å². The lowest BCUT2D eigenvalue weighted by Crippen LogP contribution is -2.45. The number of carbonyl (C=O) groups is 1. The van der Waals surface area contributed by atoms with E-state index in [1.54, 1.807) is 0 Å². The van der Waals surface area contributed by atoms with Crippen LogP contribution in [0.15, 0.2) is 24.3 Å². The first kappa shape index (κ1) is 14.0. The van der Waals surface area contributed by atoms with Crippen molar-refractivity contribution in [2.75, 3.05) is 32.7 Å². The van der Waals surface area contributed by atoms with E-state index in [1.165, 1.54) is 0 Å². The van der Waals surface area contributed by atoms with E-state index in [-0.39, 0.29) is 11.9 Å². The third kappa shape index (κ3) is 4.33. The molecule has 1 N–H and O–H groups in total. The molecule has 1 aliphatic heterocycles. The van der Waals surface area contributed by atoms with Crippen molar-refractivity contribution in [3.63, 3.8) is 0 Å². The van der Waals surface area contributed by atoms with Crippen LogP contribution in [-0.2, 0) is 0 Å². The van der Waals surface area contributed by atoms with Crippen molar-refractivity contribution in [3.8, 4) is 5.75 Å². The molecule has 0 bridgehead atoms. The molecule has 1 aromatic carbocycles. The van der Waals surface area contributed by atoms with Crippen molar-refractivity contribution in [3.05, 3.63) is 29.8 Å². The summed E-state index contributed by atoms with van der Waals surface area (Å²) < 4.78 is 5.62. The van der Waals surface area contributed by atoms with Gasteiger partial charge in [-0.1, -0.05) is 12.1 Å². The summed E-state index contributed by atoms with van der Waals surface area (Å²) in [5.41, 5.74) is 0.733. The molecule has 1 aliphatic rings. The Bertz CT molecular complexity index is 426. The van der Waals surface area contributed by atoms with Gasteiger partial charge in [0.25, 0.3) is 0 Å². The zero-order valence-electron chi connectivity index (χ0n) is 11.7.